The number of nitrogens with one attached hydrogen (secondary N) is 1. The Labute approximate surface area is 132 Å². The lowest BCUT2D eigenvalue weighted by Crippen LogP contribution is -2.28. The van der Waals surface area contributed by atoms with Gasteiger partial charge in [-0.15, -0.1) is 0 Å². The van der Waals surface area contributed by atoms with Crippen LogP contribution in [0.5, 0.6) is 0 Å². The van der Waals surface area contributed by atoms with Crippen molar-refractivity contribution in [3.63, 3.8) is 0 Å². The second-order valence-corrected chi connectivity index (χ2v) is 5.61. The zero-order valence-electron chi connectivity index (χ0n) is 11.6. The van der Waals surface area contributed by atoms with Gasteiger partial charge >= 0.3 is 0 Å². The van der Waals surface area contributed by atoms with Gasteiger partial charge in [-0.3, -0.25) is 4.98 Å². The van der Waals surface area contributed by atoms with Crippen LogP contribution in [0.3, 0.4) is 0 Å². The van der Waals surface area contributed by atoms with Gasteiger partial charge in [-0.25, -0.2) is 4.68 Å². The van der Waals surface area contributed by atoms with Crippen molar-refractivity contribution < 1.29 is 0 Å². The normalized spacial score (nSPS) is 20.2. The number of anilines is 1. The first-order chi connectivity index (χ1) is 10.8. The molecule has 0 amide bonds. The number of fused-ring (bicyclic) bond motifs is 1. The van der Waals surface area contributed by atoms with Crippen LogP contribution in [0.1, 0.15) is 29.6 Å². The fourth-order valence-electron chi connectivity index (χ4n) is 2.84. The van der Waals surface area contributed by atoms with E-state index in [4.69, 9.17) is 11.6 Å². The first-order valence-corrected chi connectivity index (χ1v) is 7.39. The Bertz CT molecular complexity index is 787. The van der Waals surface area contributed by atoms with E-state index in [2.05, 4.69) is 25.8 Å². The SMILES string of the molecule is Clc1ccccc1[C@H]1C[C@H](c2cccnc2)Nc2nnnn21. The van der Waals surface area contributed by atoms with E-state index in [0.29, 0.717) is 5.95 Å². The van der Waals surface area contributed by atoms with Crippen molar-refractivity contribution in [3.8, 4) is 0 Å². The molecular formula is C15H13ClN6. The maximum absolute atomic E-state index is 6.37. The molecule has 1 aliphatic rings. The van der Waals surface area contributed by atoms with Gasteiger partial charge in [0.2, 0.25) is 5.95 Å². The summed E-state index contributed by atoms with van der Waals surface area (Å²) in [6.07, 6.45) is 4.43. The first-order valence-electron chi connectivity index (χ1n) is 7.01. The number of nitrogens with zero attached hydrogens (tertiary/aromatic N) is 5. The van der Waals surface area contributed by atoms with Gasteiger partial charge in [-0.1, -0.05) is 41.0 Å². The minimum Gasteiger partial charge on any atom is -0.346 e. The van der Waals surface area contributed by atoms with E-state index in [1.807, 2.05) is 42.6 Å². The van der Waals surface area contributed by atoms with Crippen LogP contribution in [0.25, 0.3) is 0 Å². The second kappa shape index (κ2) is 5.38. The third-order valence-corrected chi connectivity index (χ3v) is 4.25. The maximum atomic E-state index is 6.37. The fourth-order valence-corrected chi connectivity index (χ4v) is 3.10. The summed E-state index contributed by atoms with van der Waals surface area (Å²) in [5.41, 5.74) is 2.13. The highest BCUT2D eigenvalue weighted by Crippen LogP contribution is 2.38. The highest BCUT2D eigenvalue weighted by Gasteiger charge is 2.31. The highest BCUT2D eigenvalue weighted by molar-refractivity contribution is 6.31. The molecule has 1 N–H and O–H groups in total. The Morgan fingerprint density at radius 2 is 2.09 bits per heavy atom. The van der Waals surface area contributed by atoms with E-state index in [-0.39, 0.29) is 12.1 Å². The monoisotopic (exact) mass is 312 g/mol. The summed E-state index contributed by atoms with van der Waals surface area (Å²) in [4.78, 5) is 4.19. The third-order valence-electron chi connectivity index (χ3n) is 3.90. The lowest BCUT2D eigenvalue weighted by atomic mass is 9.94. The molecule has 0 saturated carbocycles. The van der Waals surface area contributed by atoms with Gasteiger partial charge in [0.05, 0.1) is 12.1 Å². The number of hydrogen-bond donors (Lipinski definition) is 1. The average molecular weight is 313 g/mol. The van der Waals surface area contributed by atoms with E-state index < -0.39 is 0 Å². The van der Waals surface area contributed by atoms with Gasteiger partial charge in [0.1, 0.15) is 0 Å². The minimum atomic E-state index is -0.00911. The van der Waals surface area contributed by atoms with Gasteiger partial charge in [0.15, 0.2) is 0 Å². The summed E-state index contributed by atoms with van der Waals surface area (Å²) < 4.78 is 1.79. The van der Waals surface area contributed by atoms with Crippen molar-refractivity contribution in [1.82, 2.24) is 25.2 Å². The molecule has 2 atom stereocenters. The van der Waals surface area contributed by atoms with Crippen molar-refractivity contribution in [2.24, 2.45) is 0 Å². The molecule has 2 aromatic heterocycles. The van der Waals surface area contributed by atoms with Crippen LogP contribution in [-0.4, -0.2) is 25.2 Å². The van der Waals surface area contributed by atoms with Crippen molar-refractivity contribution in [2.45, 2.75) is 18.5 Å². The van der Waals surface area contributed by atoms with Gasteiger partial charge in [0.25, 0.3) is 0 Å². The van der Waals surface area contributed by atoms with Crippen molar-refractivity contribution >= 4 is 17.5 Å². The molecule has 1 aliphatic heterocycles. The Kier molecular flexibility index (Phi) is 3.23. The average Bonchev–Trinajstić information content (AvgIpc) is 3.04. The van der Waals surface area contributed by atoms with E-state index in [1.54, 1.807) is 10.9 Å². The van der Waals surface area contributed by atoms with Crippen LogP contribution in [-0.2, 0) is 0 Å². The van der Waals surface area contributed by atoms with Crippen LogP contribution in [0.4, 0.5) is 5.95 Å². The second-order valence-electron chi connectivity index (χ2n) is 5.20. The van der Waals surface area contributed by atoms with Crippen LogP contribution >= 0.6 is 11.6 Å². The molecule has 0 saturated heterocycles. The number of pyridine rings is 1. The van der Waals surface area contributed by atoms with E-state index in [1.165, 1.54) is 0 Å². The van der Waals surface area contributed by atoms with E-state index >= 15 is 0 Å². The zero-order valence-corrected chi connectivity index (χ0v) is 12.4. The van der Waals surface area contributed by atoms with Crippen molar-refractivity contribution in [3.05, 3.63) is 64.9 Å². The lowest BCUT2D eigenvalue weighted by Gasteiger charge is -2.31. The van der Waals surface area contributed by atoms with Gasteiger partial charge in [-0.05, 0) is 40.1 Å². The van der Waals surface area contributed by atoms with Gasteiger partial charge < -0.3 is 5.32 Å². The van der Waals surface area contributed by atoms with E-state index in [0.717, 1.165) is 22.6 Å². The predicted molar refractivity (Wildman–Crippen MR) is 82.6 cm³/mol. The van der Waals surface area contributed by atoms with Crippen LogP contribution in [0, 0.1) is 0 Å². The van der Waals surface area contributed by atoms with Crippen molar-refractivity contribution in [1.29, 1.82) is 0 Å². The molecule has 1 aromatic carbocycles. The summed E-state index contributed by atoms with van der Waals surface area (Å²) >= 11 is 6.37. The highest BCUT2D eigenvalue weighted by atomic mass is 35.5. The number of hydrogen-bond acceptors (Lipinski definition) is 5. The molecule has 0 bridgehead atoms. The molecule has 7 heteroatoms. The topological polar surface area (TPSA) is 68.5 Å². The number of benzene rings is 1. The molecule has 110 valence electrons. The lowest BCUT2D eigenvalue weighted by molar-refractivity contribution is 0.423. The molecule has 0 unspecified atom stereocenters. The number of rotatable bonds is 2. The standard InChI is InChI=1S/C15H13ClN6/c16-12-6-2-1-5-11(12)14-8-13(10-4-3-7-17-9-10)18-15-19-20-21-22(14)15/h1-7,9,13-14H,8H2,(H,18,19,21)/t13-,14-/m1/s1. The summed E-state index contributed by atoms with van der Waals surface area (Å²) in [7, 11) is 0. The molecule has 3 aromatic rings. The summed E-state index contributed by atoms with van der Waals surface area (Å²) in [6.45, 7) is 0. The maximum Gasteiger partial charge on any atom is 0.243 e. The smallest absolute Gasteiger partial charge is 0.243 e. The van der Waals surface area contributed by atoms with Crippen LogP contribution < -0.4 is 5.32 Å². The predicted octanol–water partition coefficient (Wildman–Crippen LogP) is 2.87. The molecule has 0 fully saturated rings. The Morgan fingerprint density at radius 1 is 1.18 bits per heavy atom. The van der Waals surface area contributed by atoms with Crippen LogP contribution in [0.2, 0.25) is 5.02 Å². The van der Waals surface area contributed by atoms with Crippen molar-refractivity contribution in [2.75, 3.05) is 5.32 Å². The molecule has 4 rings (SSSR count). The largest absolute Gasteiger partial charge is 0.346 e. The molecule has 3 heterocycles. The molecule has 0 radical (unpaired) electrons. The van der Waals surface area contributed by atoms with Gasteiger partial charge in [-0.2, -0.15) is 0 Å². The summed E-state index contributed by atoms with van der Waals surface area (Å²) in [5.74, 6) is 0.644. The molecular weight excluding hydrogens is 300 g/mol. The first kappa shape index (κ1) is 13.2. The summed E-state index contributed by atoms with van der Waals surface area (Å²) in [5, 5.41) is 16.0. The quantitative estimate of drug-likeness (QED) is 0.788. The molecule has 6 nitrogen and oxygen atoms in total. The zero-order chi connectivity index (χ0) is 14.9. The number of halogens is 1. The number of aromatic nitrogens is 5. The minimum absolute atomic E-state index is 0.00911. The summed E-state index contributed by atoms with van der Waals surface area (Å²) in [6, 6.07) is 11.9. The Hall–Kier alpha value is -2.47. The fraction of sp³-hybridized carbons (Fsp3) is 0.200. The molecule has 0 spiro atoms. The van der Waals surface area contributed by atoms with Gasteiger partial charge in [0, 0.05) is 17.4 Å². The van der Waals surface area contributed by atoms with E-state index in [9.17, 15) is 0 Å². The Morgan fingerprint density at radius 3 is 2.91 bits per heavy atom. The molecule has 22 heavy (non-hydrogen) atoms. The van der Waals surface area contributed by atoms with Crippen LogP contribution in [0.15, 0.2) is 48.8 Å². The Balaban J connectivity index is 1.77. The number of tetrazole rings is 1. The molecule has 0 aliphatic carbocycles. The third kappa shape index (κ3) is 2.21.